The van der Waals surface area contributed by atoms with Crippen molar-refractivity contribution in [3.05, 3.63) is 53.1 Å². The monoisotopic (exact) mass is 316 g/mol. The molecule has 120 valence electrons. The van der Waals surface area contributed by atoms with Gasteiger partial charge in [0, 0.05) is 30.9 Å². The highest BCUT2D eigenvalue weighted by molar-refractivity contribution is 5.78. The van der Waals surface area contributed by atoms with Crippen molar-refractivity contribution in [1.82, 2.24) is 19.9 Å². The van der Waals surface area contributed by atoms with Crippen molar-refractivity contribution in [2.75, 3.05) is 0 Å². The Hall–Kier alpha value is -2.70. The third-order valence-electron chi connectivity index (χ3n) is 3.66. The van der Waals surface area contributed by atoms with Crippen molar-refractivity contribution in [3.8, 4) is 0 Å². The van der Waals surface area contributed by atoms with Crippen molar-refractivity contribution in [1.29, 1.82) is 0 Å². The molecule has 0 saturated carbocycles. The van der Waals surface area contributed by atoms with E-state index in [1.165, 1.54) is 12.3 Å². The Balaban J connectivity index is 1.65. The molecule has 0 radical (unpaired) electrons. The van der Waals surface area contributed by atoms with E-state index in [1.807, 2.05) is 13.8 Å². The van der Waals surface area contributed by atoms with Crippen LogP contribution in [0.3, 0.4) is 0 Å². The molecule has 0 aliphatic rings. The molecule has 23 heavy (non-hydrogen) atoms. The van der Waals surface area contributed by atoms with E-state index in [9.17, 15) is 9.18 Å². The fourth-order valence-electron chi connectivity index (χ4n) is 2.46. The highest BCUT2D eigenvalue weighted by Crippen LogP contribution is 2.14. The Morgan fingerprint density at radius 1 is 1.39 bits per heavy atom. The van der Waals surface area contributed by atoms with Crippen LogP contribution in [0.15, 0.2) is 29.0 Å². The van der Waals surface area contributed by atoms with Crippen LogP contribution in [0, 0.1) is 12.7 Å². The fourth-order valence-corrected chi connectivity index (χ4v) is 2.46. The Morgan fingerprint density at radius 2 is 2.22 bits per heavy atom. The number of nitrogens with zero attached hydrogens (tertiary/aromatic N) is 3. The molecule has 0 aliphatic heterocycles. The van der Waals surface area contributed by atoms with Gasteiger partial charge in [-0.25, -0.2) is 9.37 Å². The molecule has 6 nitrogen and oxygen atoms in total. The molecule has 0 unspecified atom stereocenters. The number of carbonyl (C=O) groups is 1. The van der Waals surface area contributed by atoms with Gasteiger partial charge >= 0.3 is 0 Å². The number of halogens is 1. The Morgan fingerprint density at radius 3 is 3.00 bits per heavy atom. The number of amides is 1. The smallest absolute Gasteiger partial charge is 0.226 e. The van der Waals surface area contributed by atoms with Gasteiger partial charge in [0.1, 0.15) is 17.2 Å². The molecule has 0 spiro atoms. The predicted molar refractivity (Wildman–Crippen MR) is 81.3 cm³/mol. The van der Waals surface area contributed by atoms with Gasteiger partial charge in [0.25, 0.3) is 0 Å². The van der Waals surface area contributed by atoms with Crippen molar-refractivity contribution in [2.24, 2.45) is 0 Å². The van der Waals surface area contributed by atoms with E-state index >= 15 is 0 Å². The average molecular weight is 316 g/mol. The van der Waals surface area contributed by atoms with Crippen LogP contribution in [0.1, 0.15) is 29.6 Å². The molecule has 3 aromatic rings. The summed E-state index contributed by atoms with van der Waals surface area (Å²) in [6, 6.07) is 2.91. The minimum absolute atomic E-state index is 0.134. The van der Waals surface area contributed by atoms with Crippen molar-refractivity contribution in [2.45, 2.75) is 33.2 Å². The minimum Gasteiger partial charge on any atom is -0.361 e. The normalized spacial score (nSPS) is 11.1. The van der Waals surface area contributed by atoms with Crippen LogP contribution in [0.25, 0.3) is 5.65 Å². The van der Waals surface area contributed by atoms with Gasteiger partial charge in [-0.05, 0) is 19.1 Å². The van der Waals surface area contributed by atoms with E-state index in [-0.39, 0.29) is 18.1 Å². The van der Waals surface area contributed by atoms with Crippen LogP contribution in [-0.4, -0.2) is 20.4 Å². The minimum atomic E-state index is -0.346. The van der Waals surface area contributed by atoms with Crippen LogP contribution >= 0.6 is 0 Å². The summed E-state index contributed by atoms with van der Waals surface area (Å²) < 4.78 is 19.9. The van der Waals surface area contributed by atoms with Crippen molar-refractivity contribution < 1.29 is 13.7 Å². The number of aryl methyl sites for hydroxylation is 2. The van der Waals surface area contributed by atoms with Crippen LogP contribution in [-0.2, 0) is 24.2 Å². The zero-order valence-corrected chi connectivity index (χ0v) is 13.0. The van der Waals surface area contributed by atoms with Crippen LogP contribution in [0.2, 0.25) is 0 Å². The first-order chi connectivity index (χ1) is 11.1. The lowest BCUT2D eigenvalue weighted by Crippen LogP contribution is -2.25. The zero-order chi connectivity index (χ0) is 16.4. The van der Waals surface area contributed by atoms with Gasteiger partial charge in [0.15, 0.2) is 0 Å². The maximum atomic E-state index is 13.2. The summed E-state index contributed by atoms with van der Waals surface area (Å²) in [4.78, 5) is 16.4. The molecule has 0 saturated heterocycles. The highest BCUT2D eigenvalue weighted by Gasteiger charge is 2.13. The molecule has 0 aromatic carbocycles. The van der Waals surface area contributed by atoms with Crippen molar-refractivity contribution >= 4 is 11.6 Å². The van der Waals surface area contributed by atoms with E-state index in [0.717, 1.165) is 23.4 Å². The Bertz CT molecular complexity index is 853. The first kappa shape index (κ1) is 15.2. The predicted octanol–water partition coefficient (Wildman–Crippen LogP) is 2.19. The molecular weight excluding hydrogens is 299 g/mol. The van der Waals surface area contributed by atoms with Crippen LogP contribution in [0.4, 0.5) is 4.39 Å². The van der Waals surface area contributed by atoms with Crippen LogP contribution < -0.4 is 5.32 Å². The third kappa shape index (κ3) is 3.23. The molecule has 3 aromatic heterocycles. The quantitative estimate of drug-likeness (QED) is 0.783. The number of hydrogen-bond donors (Lipinski definition) is 1. The largest absolute Gasteiger partial charge is 0.361 e. The second-order valence-corrected chi connectivity index (χ2v) is 5.32. The number of carbonyl (C=O) groups excluding carboxylic acids is 1. The lowest BCUT2D eigenvalue weighted by atomic mass is 10.1. The topological polar surface area (TPSA) is 72.4 Å². The molecule has 3 heterocycles. The number of fused-ring (bicyclic) bond motifs is 1. The Kier molecular flexibility index (Phi) is 4.10. The summed E-state index contributed by atoms with van der Waals surface area (Å²) >= 11 is 0. The standard InChI is InChI=1S/C16H17FN4O2/c1-3-14-13(10(2)20-23-14)7-18-16(22)6-12-9-21-8-11(17)4-5-15(21)19-12/h4-5,8-9H,3,6-7H2,1-2H3,(H,18,22). The average Bonchev–Trinajstić information content (AvgIpc) is 3.07. The van der Waals surface area contributed by atoms with Crippen molar-refractivity contribution in [3.63, 3.8) is 0 Å². The second kappa shape index (κ2) is 6.20. The summed E-state index contributed by atoms with van der Waals surface area (Å²) in [6.07, 6.45) is 3.84. The lowest BCUT2D eigenvalue weighted by molar-refractivity contribution is -0.120. The van der Waals surface area contributed by atoms with E-state index < -0.39 is 0 Å². The van der Waals surface area contributed by atoms with E-state index in [2.05, 4.69) is 15.5 Å². The molecule has 0 atom stereocenters. The van der Waals surface area contributed by atoms with Gasteiger partial charge < -0.3 is 14.2 Å². The molecule has 0 bridgehead atoms. The SMILES string of the molecule is CCc1onc(C)c1CNC(=O)Cc1cn2cc(F)ccc2n1. The zero-order valence-electron chi connectivity index (χ0n) is 13.0. The number of aromatic nitrogens is 3. The first-order valence-electron chi connectivity index (χ1n) is 7.40. The van der Waals surface area contributed by atoms with Gasteiger partial charge in [-0.15, -0.1) is 0 Å². The summed E-state index contributed by atoms with van der Waals surface area (Å²) in [5.41, 5.74) is 2.89. The van der Waals surface area contributed by atoms with Crippen LogP contribution in [0.5, 0.6) is 0 Å². The molecule has 0 aliphatic carbocycles. The van der Waals surface area contributed by atoms with Gasteiger partial charge in [-0.2, -0.15) is 0 Å². The van der Waals surface area contributed by atoms with E-state index in [0.29, 0.717) is 17.9 Å². The van der Waals surface area contributed by atoms with Gasteiger partial charge in [-0.3, -0.25) is 4.79 Å². The maximum absolute atomic E-state index is 13.2. The number of imidazole rings is 1. The molecule has 0 fully saturated rings. The third-order valence-corrected chi connectivity index (χ3v) is 3.66. The summed E-state index contributed by atoms with van der Waals surface area (Å²) in [5, 5.41) is 6.75. The van der Waals surface area contributed by atoms with Gasteiger partial charge in [-0.1, -0.05) is 12.1 Å². The second-order valence-electron chi connectivity index (χ2n) is 5.32. The molecular formula is C16H17FN4O2. The van der Waals surface area contributed by atoms with Gasteiger partial charge in [0.05, 0.1) is 17.8 Å². The maximum Gasteiger partial charge on any atom is 0.226 e. The number of hydrogen-bond acceptors (Lipinski definition) is 4. The van der Waals surface area contributed by atoms with E-state index in [4.69, 9.17) is 4.52 Å². The first-order valence-corrected chi connectivity index (χ1v) is 7.40. The van der Waals surface area contributed by atoms with E-state index in [1.54, 1.807) is 16.7 Å². The number of nitrogens with one attached hydrogen (secondary N) is 1. The Labute approximate surface area is 132 Å². The highest BCUT2D eigenvalue weighted by atomic mass is 19.1. The summed E-state index contributed by atoms with van der Waals surface area (Å²) in [7, 11) is 0. The summed E-state index contributed by atoms with van der Waals surface area (Å²) in [6.45, 7) is 4.20. The molecule has 1 amide bonds. The number of pyridine rings is 1. The molecule has 7 heteroatoms. The van der Waals surface area contributed by atoms with Gasteiger partial charge in [0.2, 0.25) is 5.91 Å². The fraction of sp³-hybridized carbons (Fsp3) is 0.312. The number of rotatable bonds is 5. The lowest BCUT2D eigenvalue weighted by Gasteiger charge is -2.04. The molecule has 1 N–H and O–H groups in total. The molecule has 3 rings (SSSR count). The summed E-state index contributed by atoms with van der Waals surface area (Å²) in [5.74, 6) is 0.281.